The number of carbonyl (C=O) groups excluding carboxylic acids is 1. The molecule has 3 aromatic carbocycles. The molecule has 0 unspecified atom stereocenters. The third-order valence-corrected chi connectivity index (χ3v) is 4.81. The van der Waals surface area contributed by atoms with Crippen LogP contribution in [0.4, 0.5) is 5.69 Å². The average Bonchev–Trinajstić information content (AvgIpc) is 3.22. The second kappa shape index (κ2) is 8.10. The maximum Gasteiger partial charge on any atom is 0.337 e. The summed E-state index contributed by atoms with van der Waals surface area (Å²) in [5.74, 6) is -2.04. The summed E-state index contributed by atoms with van der Waals surface area (Å²) in [5, 5.41) is 34.8. The van der Waals surface area contributed by atoms with Crippen molar-refractivity contribution in [2.45, 2.75) is 6.61 Å². The minimum Gasteiger partial charge on any atom is -0.478 e. The lowest BCUT2D eigenvalue weighted by atomic mass is 9.98. The fraction of sp³-hybridized carbons (Fsp3) is 0.0435. The van der Waals surface area contributed by atoms with Crippen LogP contribution in [0.15, 0.2) is 65.2 Å². The highest BCUT2D eigenvalue weighted by Gasteiger charge is 2.20. The van der Waals surface area contributed by atoms with Gasteiger partial charge in [-0.25, -0.2) is 4.79 Å². The predicted molar refractivity (Wildman–Crippen MR) is 111 cm³/mol. The maximum absolute atomic E-state index is 12.8. The molecule has 0 spiro atoms. The van der Waals surface area contributed by atoms with E-state index in [0.717, 1.165) is 16.7 Å². The van der Waals surface area contributed by atoms with Crippen molar-refractivity contribution >= 4 is 28.5 Å². The molecule has 4 aromatic rings. The van der Waals surface area contributed by atoms with Gasteiger partial charge in [-0.3, -0.25) is 4.79 Å². The topological polar surface area (TPSA) is 136 Å². The third kappa shape index (κ3) is 3.73. The van der Waals surface area contributed by atoms with Crippen LogP contribution in [-0.4, -0.2) is 27.2 Å². The maximum atomic E-state index is 12.8. The summed E-state index contributed by atoms with van der Waals surface area (Å²) in [6, 6.07) is 18.4. The molecule has 0 saturated carbocycles. The number of aromatic carboxylic acids is 1. The number of fused-ring (bicyclic) bond motifs is 1. The standard InChI is InChI=1S/C23H15N3O5/c24-11-13-5-7-19(18(9-13)23(29)30)25-22(28)21-17-10-14(6-8-20(17)26-31-21)16-4-2-1-3-15(16)12-27/h1-10,27H,12H2,(H,25,28)(H,29,30). The van der Waals surface area contributed by atoms with Crippen molar-refractivity contribution in [2.75, 3.05) is 5.32 Å². The highest BCUT2D eigenvalue weighted by Crippen LogP contribution is 2.29. The molecule has 152 valence electrons. The number of aromatic nitrogens is 1. The Labute approximate surface area is 176 Å². The van der Waals surface area contributed by atoms with E-state index in [1.165, 1.54) is 18.2 Å². The first-order chi connectivity index (χ1) is 15.0. The van der Waals surface area contributed by atoms with Gasteiger partial charge in [0.2, 0.25) is 5.76 Å². The Hall–Kier alpha value is -4.48. The van der Waals surface area contributed by atoms with E-state index in [1.807, 2.05) is 30.3 Å². The fourth-order valence-electron chi connectivity index (χ4n) is 3.29. The van der Waals surface area contributed by atoms with Crippen LogP contribution >= 0.6 is 0 Å². The number of rotatable bonds is 5. The van der Waals surface area contributed by atoms with Crippen LogP contribution in [0.25, 0.3) is 22.0 Å². The largest absolute Gasteiger partial charge is 0.478 e. The highest BCUT2D eigenvalue weighted by molar-refractivity contribution is 6.12. The molecule has 0 radical (unpaired) electrons. The SMILES string of the molecule is N#Cc1ccc(NC(=O)c2onc3ccc(-c4ccccc4CO)cc23)c(C(=O)O)c1. The zero-order chi connectivity index (χ0) is 22.0. The van der Waals surface area contributed by atoms with Gasteiger partial charge in [-0.1, -0.05) is 35.5 Å². The summed E-state index contributed by atoms with van der Waals surface area (Å²) in [5.41, 5.74) is 2.73. The van der Waals surface area contributed by atoms with Crippen LogP contribution in [0.1, 0.15) is 32.0 Å². The smallest absolute Gasteiger partial charge is 0.337 e. The van der Waals surface area contributed by atoms with Gasteiger partial charge < -0.3 is 20.1 Å². The molecule has 8 heteroatoms. The van der Waals surface area contributed by atoms with E-state index in [2.05, 4.69) is 10.5 Å². The minimum atomic E-state index is -1.28. The van der Waals surface area contributed by atoms with E-state index in [9.17, 15) is 19.8 Å². The van der Waals surface area contributed by atoms with Gasteiger partial charge in [0.05, 0.1) is 34.9 Å². The molecule has 1 aromatic heterocycles. The van der Waals surface area contributed by atoms with Gasteiger partial charge in [-0.15, -0.1) is 0 Å². The molecular weight excluding hydrogens is 398 g/mol. The van der Waals surface area contributed by atoms with Crippen molar-refractivity contribution in [3.63, 3.8) is 0 Å². The van der Waals surface area contributed by atoms with Gasteiger partial charge in [0.1, 0.15) is 5.52 Å². The quantitative estimate of drug-likeness (QED) is 0.452. The van der Waals surface area contributed by atoms with Crippen molar-refractivity contribution in [1.82, 2.24) is 5.16 Å². The van der Waals surface area contributed by atoms with Gasteiger partial charge in [0, 0.05) is 0 Å². The number of nitriles is 1. The van der Waals surface area contributed by atoms with E-state index in [0.29, 0.717) is 10.9 Å². The molecule has 8 nitrogen and oxygen atoms in total. The lowest BCUT2D eigenvalue weighted by molar-refractivity contribution is 0.0698. The molecule has 1 heterocycles. The van der Waals surface area contributed by atoms with E-state index in [-0.39, 0.29) is 29.2 Å². The first kappa shape index (κ1) is 19.8. The lowest BCUT2D eigenvalue weighted by Gasteiger charge is -2.08. The number of hydrogen-bond acceptors (Lipinski definition) is 6. The lowest BCUT2D eigenvalue weighted by Crippen LogP contribution is -2.14. The number of carboxylic acid groups (broad SMARTS) is 1. The molecule has 0 aliphatic heterocycles. The van der Waals surface area contributed by atoms with Crippen molar-refractivity contribution in [3.8, 4) is 17.2 Å². The van der Waals surface area contributed by atoms with Gasteiger partial charge in [0.25, 0.3) is 5.91 Å². The Kier molecular flexibility index (Phi) is 5.18. The number of anilines is 1. The minimum absolute atomic E-state index is 0.0304. The van der Waals surface area contributed by atoms with Crippen molar-refractivity contribution in [1.29, 1.82) is 5.26 Å². The van der Waals surface area contributed by atoms with E-state index in [1.54, 1.807) is 18.2 Å². The molecule has 3 N–H and O–H groups in total. The van der Waals surface area contributed by atoms with Crippen LogP contribution in [0, 0.1) is 11.3 Å². The fourth-order valence-corrected chi connectivity index (χ4v) is 3.29. The van der Waals surface area contributed by atoms with Gasteiger partial charge in [-0.05, 0) is 47.0 Å². The van der Waals surface area contributed by atoms with E-state index >= 15 is 0 Å². The molecule has 1 amide bonds. The summed E-state index contributed by atoms with van der Waals surface area (Å²) >= 11 is 0. The average molecular weight is 413 g/mol. The van der Waals surface area contributed by atoms with E-state index in [4.69, 9.17) is 9.78 Å². The first-order valence-electron chi connectivity index (χ1n) is 9.19. The van der Waals surface area contributed by atoms with E-state index < -0.39 is 11.9 Å². The molecule has 4 rings (SSSR count). The number of carbonyl (C=O) groups is 2. The number of hydrogen-bond donors (Lipinski definition) is 3. The number of nitrogens with zero attached hydrogens (tertiary/aromatic N) is 2. The first-order valence-corrected chi connectivity index (χ1v) is 9.19. The van der Waals surface area contributed by atoms with Gasteiger partial charge >= 0.3 is 5.97 Å². The Bertz CT molecular complexity index is 1370. The summed E-state index contributed by atoms with van der Waals surface area (Å²) in [4.78, 5) is 24.4. The molecule has 0 saturated heterocycles. The summed E-state index contributed by atoms with van der Waals surface area (Å²) < 4.78 is 5.23. The number of amides is 1. The summed E-state index contributed by atoms with van der Waals surface area (Å²) in [6.07, 6.45) is 0. The molecule has 0 bridgehead atoms. The Balaban J connectivity index is 1.73. The van der Waals surface area contributed by atoms with Gasteiger partial charge in [-0.2, -0.15) is 5.26 Å². The second-order valence-corrected chi connectivity index (χ2v) is 6.69. The van der Waals surface area contributed by atoms with Crippen molar-refractivity contribution in [2.24, 2.45) is 0 Å². The summed E-state index contributed by atoms with van der Waals surface area (Å²) in [6.45, 7) is -0.137. The van der Waals surface area contributed by atoms with Crippen LogP contribution in [0.3, 0.4) is 0 Å². The Morgan fingerprint density at radius 2 is 1.90 bits per heavy atom. The molecule has 31 heavy (non-hydrogen) atoms. The predicted octanol–water partition coefficient (Wildman–Crippen LogP) is 3.81. The number of aliphatic hydroxyl groups excluding tert-OH is 1. The van der Waals surface area contributed by atoms with Crippen LogP contribution in [0.5, 0.6) is 0 Å². The number of aliphatic hydroxyl groups is 1. The zero-order valence-corrected chi connectivity index (χ0v) is 16.0. The van der Waals surface area contributed by atoms with Crippen LogP contribution in [0.2, 0.25) is 0 Å². The van der Waals surface area contributed by atoms with Crippen molar-refractivity contribution < 1.29 is 24.3 Å². The van der Waals surface area contributed by atoms with Gasteiger partial charge in [0.15, 0.2) is 0 Å². The third-order valence-electron chi connectivity index (χ3n) is 4.81. The number of nitrogens with one attached hydrogen (secondary N) is 1. The monoisotopic (exact) mass is 413 g/mol. The summed E-state index contributed by atoms with van der Waals surface area (Å²) in [7, 11) is 0. The van der Waals surface area contributed by atoms with Crippen molar-refractivity contribution in [3.05, 3.63) is 83.1 Å². The Morgan fingerprint density at radius 3 is 2.65 bits per heavy atom. The molecule has 0 fully saturated rings. The molecule has 0 aliphatic rings. The van der Waals surface area contributed by atoms with Crippen LogP contribution in [-0.2, 0) is 6.61 Å². The number of carboxylic acids is 1. The second-order valence-electron chi connectivity index (χ2n) is 6.69. The zero-order valence-electron chi connectivity index (χ0n) is 16.0. The highest BCUT2D eigenvalue weighted by atomic mass is 16.5. The molecular formula is C23H15N3O5. The molecule has 0 aliphatic carbocycles. The molecule has 0 atom stereocenters. The van der Waals surface area contributed by atoms with Crippen LogP contribution < -0.4 is 5.32 Å². The number of benzene rings is 3. The Morgan fingerprint density at radius 1 is 1.10 bits per heavy atom. The normalized spacial score (nSPS) is 10.6.